The monoisotopic (exact) mass is 239 g/mol. The molecule has 0 saturated heterocycles. The molecule has 0 atom stereocenters. The van der Waals surface area contributed by atoms with E-state index in [1.54, 1.807) is 30.3 Å². The van der Waals surface area contributed by atoms with Gasteiger partial charge in [-0.25, -0.2) is 0 Å². The predicted molar refractivity (Wildman–Crippen MR) is 60.8 cm³/mol. The zero-order chi connectivity index (χ0) is 11.8. The molecule has 84 valence electrons. The summed E-state index contributed by atoms with van der Waals surface area (Å²) in [7, 11) is -4.38. The van der Waals surface area contributed by atoms with Crippen LogP contribution in [-0.4, -0.2) is 18.1 Å². The largest absolute Gasteiger partial charge is 0.505 e. The molecule has 0 aliphatic carbocycles. The number of phenolic OH excluding ortho intramolecular Hbond substituents is 1. The minimum atomic E-state index is -4.38. The van der Waals surface area contributed by atoms with E-state index in [0.29, 0.717) is 5.39 Å². The van der Waals surface area contributed by atoms with Crippen LogP contribution < -0.4 is 4.72 Å². The van der Waals surface area contributed by atoms with E-state index in [-0.39, 0.29) is 11.4 Å². The first-order valence-electron chi connectivity index (χ1n) is 4.43. The van der Waals surface area contributed by atoms with Crippen molar-refractivity contribution in [2.45, 2.75) is 0 Å². The van der Waals surface area contributed by atoms with Crippen molar-refractivity contribution in [2.75, 3.05) is 4.72 Å². The molecule has 0 aliphatic rings. The molecule has 5 nitrogen and oxygen atoms in total. The van der Waals surface area contributed by atoms with Crippen LogP contribution in [0.5, 0.6) is 5.75 Å². The summed E-state index contributed by atoms with van der Waals surface area (Å²) in [4.78, 5) is 0. The molecule has 0 heterocycles. The first kappa shape index (κ1) is 10.7. The zero-order valence-electron chi connectivity index (χ0n) is 8.08. The van der Waals surface area contributed by atoms with Gasteiger partial charge >= 0.3 is 10.3 Å². The van der Waals surface area contributed by atoms with Crippen molar-refractivity contribution in [2.24, 2.45) is 0 Å². The molecule has 2 aromatic carbocycles. The van der Waals surface area contributed by atoms with Gasteiger partial charge in [-0.15, -0.1) is 0 Å². The molecule has 0 unspecified atom stereocenters. The van der Waals surface area contributed by atoms with Crippen LogP contribution in [0.2, 0.25) is 0 Å². The van der Waals surface area contributed by atoms with Crippen LogP contribution in [0.25, 0.3) is 10.8 Å². The Labute approximate surface area is 92.2 Å². The van der Waals surface area contributed by atoms with Crippen molar-refractivity contribution in [3.8, 4) is 5.75 Å². The van der Waals surface area contributed by atoms with Gasteiger partial charge in [0.25, 0.3) is 0 Å². The fourth-order valence-corrected chi connectivity index (χ4v) is 1.92. The fraction of sp³-hybridized carbons (Fsp3) is 0. The number of benzene rings is 2. The summed E-state index contributed by atoms with van der Waals surface area (Å²) in [6.07, 6.45) is 0. The molecule has 2 rings (SSSR count). The third-order valence-electron chi connectivity index (χ3n) is 2.14. The Morgan fingerprint density at radius 3 is 2.44 bits per heavy atom. The lowest BCUT2D eigenvalue weighted by atomic mass is 10.1. The fourth-order valence-electron chi connectivity index (χ4n) is 1.48. The second kappa shape index (κ2) is 3.66. The molecule has 0 bridgehead atoms. The first-order valence-corrected chi connectivity index (χ1v) is 5.87. The Kier molecular flexibility index (Phi) is 2.45. The van der Waals surface area contributed by atoms with Gasteiger partial charge in [-0.2, -0.15) is 8.42 Å². The standard InChI is InChI=1S/C10H9NO4S/c12-10-8-4-2-1-3-7(8)5-6-9(10)11-16(13,14)15/h1-6,11-12H,(H,13,14,15). The van der Waals surface area contributed by atoms with Gasteiger partial charge in [0.2, 0.25) is 0 Å². The molecule has 0 saturated carbocycles. The van der Waals surface area contributed by atoms with Crippen LogP contribution >= 0.6 is 0 Å². The Balaban J connectivity index is 2.61. The van der Waals surface area contributed by atoms with Crippen LogP contribution in [0.1, 0.15) is 0 Å². The predicted octanol–water partition coefficient (Wildman–Crippen LogP) is 1.76. The summed E-state index contributed by atoms with van der Waals surface area (Å²) in [6.45, 7) is 0. The Morgan fingerprint density at radius 2 is 1.75 bits per heavy atom. The van der Waals surface area contributed by atoms with E-state index in [1.807, 2.05) is 4.72 Å². The van der Waals surface area contributed by atoms with E-state index >= 15 is 0 Å². The van der Waals surface area contributed by atoms with Gasteiger partial charge < -0.3 is 5.11 Å². The lowest BCUT2D eigenvalue weighted by Gasteiger charge is -2.07. The van der Waals surface area contributed by atoms with Gasteiger partial charge in [-0.05, 0) is 11.5 Å². The third-order valence-corrected chi connectivity index (χ3v) is 2.62. The summed E-state index contributed by atoms with van der Waals surface area (Å²) in [5, 5.41) is 11.1. The van der Waals surface area contributed by atoms with Crippen molar-refractivity contribution < 1.29 is 18.1 Å². The molecular weight excluding hydrogens is 230 g/mol. The van der Waals surface area contributed by atoms with Gasteiger partial charge in [0.05, 0.1) is 5.69 Å². The number of anilines is 1. The van der Waals surface area contributed by atoms with Crippen molar-refractivity contribution in [3.05, 3.63) is 36.4 Å². The van der Waals surface area contributed by atoms with Gasteiger partial charge in [0.1, 0.15) is 5.75 Å². The minimum absolute atomic E-state index is 0.0544. The van der Waals surface area contributed by atoms with Crippen LogP contribution in [0.4, 0.5) is 5.69 Å². The van der Waals surface area contributed by atoms with Crippen molar-refractivity contribution in [3.63, 3.8) is 0 Å². The van der Waals surface area contributed by atoms with Gasteiger partial charge in [-0.1, -0.05) is 30.3 Å². The maximum atomic E-state index is 10.6. The molecule has 3 N–H and O–H groups in total. The van der Waals surface area contributed by atoms with Gasteiger partial charge in [0.15, 0.2) is 0 Å². The van der Waals surface area contributed by atoms with Crippen LogP contribution in [0.3, 0.4) is 0 Å². The molecule has 0 spiro atoms. The van der Waals surface area contributed by atoms with E-state index in [4.69, 9.17) is 4.55 Å². The number of fused-ring (bicyclic) bond motifs is 1. The zero-order valence-corrected chi connectivity index (χ0v) is 8.90. The summed E-state index contributed by atoms with van der Waals surface area (Å²) in [6, 6.07) is 9.98. The van der Waals surface area contributed by atoms with Crippen LogP contribution in [0.15, 0.2) is 36.4 Å². The molecule has 2 aromatic rings. The number of hydrogen-bond donors (Lipinski definition) is 3. The van der Waals surface area contributed by atoms with Crippen molar-refractivity contribution in [1.82, 2.24) is 0 Å². The molecule has 0 aromatic heterocycles. The summed E-state index contributed by atoms with van der Waals surface area (Å²) in [5.41, 5.74) is -0.0544. The topological polar surface area (TPSA) is 86.6 Å². The van der Waals surface area contributed by atoms with Gasteiger partial charge in [0, 0.05) is 5.39 Å². The minimum Gasteiger partial charge on any atom is -0.505 e. The molecule has 6 heteroatoms. The van der Waals surface area contributed by atoms with Crippen molar-refractivity contribution in [1.29, 1.82) is 0 Å². The van der Waals surface area contributed by atoms with E-state index in [1.165, 1.54) is 6.07 Å². The van der Waals surface area contributed by atoms with E-state index in [9.17, 15) is 13.5 Å². The normalized spacial score (nSPS) is 11.6. The Hall–Kier alpha value is -1.79. The quantitative estimate of drug-likeness (QED) is 0.550. The molecular formula is C10H9NO4S. The summed E-state index contributed by atoms with van der Waals surface area (Å²) >= 11 is 0. The average molecular weight is 239 g/mol. The van der Waals surface area contributed by atoms with Gasteiger partial charge in [-0.3, -0.25) is 9.27 Å². The van der Waals surface area contributed by atoms with Crippen LogP contribution in [-0.2, 0) is 10.3 Å². The molecule has 16 heavy (non-hydrogen) atoms. The lowest BCUT2D eigenvalue weighted by Crippen LogP contribution is -2.10. The Bertz CT molecular complexity index is 636. The molecule has 0 aliphatic heterocycles. The second-order valence-electron chi connectivity index (χ2n) is 3.26. The maximum absolute atomic E-state index is 10.6. The SMILES string of the molecule is O=S(=O)(O)Nc1ccc2ccccc2c1O. The lowest BCUT2D eigenvalue weighted by molar-refractivity contribution is 0.478. The number of nitrogens with one attached hydrogen (secondary N) is 1. The van der Waals surface area contributed by atoms with E-state index < -0.39 is 10.3 Å². The first-order chi connectivity index (χ1) is 7.47. The highest BCUT2D eigenvalue weighted by molar-refractivity contribution is 7.87. The number of hydrogen-bond acceptors (Lipinski definition) is 3. The molecule has 0 amide bonds. The molecule has 0 fully saturated rings. The summed E-state index contributed by atoms with van der Waals surface area (Å²) < 4.78 is 31.7. The molecule has 0 radical (unpaired) electrons. The smallest absolute Gasteiger partial charge is 0.357 e. The van der Waals surface area contributed by atoms with Crippen LogP contribution in [0, 0.1) is 0 Å². The Morgan fingerprint density at radius 1 is 1.06 bits per heavy atom. The highest BCUT2D eigenvalue weighted by atomic mass is 32.2. The highest BCUT2D eigenvalue weighted by Gasteiger charge is 2.10. The van der Waals surface area contributed by atoms with E-state index in [2.05, 4.69) is 0 Å². The van der Waals surface area contributed by atoms with E-state index in [0.717, 1.165) is 5.39 Å². The average Bonchev–Trinajstić information content (AvgIpc) is 2.21. The number of aromatic hydroxyl groups is 1. The maximum Gasteiger partial charge on any atom is 0.357 e. The summed E-state index contributed by atoms with van der Waals surface area (Å²) in [5.74, 6) is -0.212. The number of rotatable bonds is 2. The highest BCUT2D eigenvalue weighted by Crippen LogP contribution is 2.32. The number of phenols is 1. The second-order valence-corrected chi connectivity index (χ2v) is 4.41. The third kappa shape index (κ3) is 2.07. The van der Waals surface area contributed by atoms with Crippen molar-refractivity contribution >= 4 is 26.8 Å².